The Kier molecular flexibility index (Phi) is 3.04. The number of nitrogens with two attached hydrogens (primary N) is 1. The van der Waals surface area contributed by atoms with Crippen LogP contribution in [0.25, 0.3) is 0 Å². The Labute approximate surface area is 91.8 Å². The molecule has 1 amide bonds. The summed E-state index contributed by atoms with van der Waals surface area (Å²) in [7, 11) is 0. The number of nitrogens with one attached hydrogen (secondary N) is 3. The van der Waals surface area contributed by atoms with Crippen LogP contribution in [0.1, 0.15) is 36.3 Å². The second-order valence-electron chi connectivity index (χ2n) is 4.11. The molecule has 7 nitrogen and oxygen atoms in total. The smallest absolute Gasteiger partial charge is 0.341 e. The standard InChI is InChI=1S/C9H15N5O2/c10-5-1-3-6(4-2-5)11-8(15)7-12-9(16)14-13-7/h5-6H,1-4,10H2,(H,11,15)(H2,12,13,14,16). The van der Waals surface area contributed by atoms with Gasteiger partial charge < -0.3 is 11.1 Å². The fourth-order valence-electron chi connectivity index (χ4n) is 1.89. The van der Waals surface area contributed by atoms with Gasteiger partial charge in [-0.3, -0.25) is 9.78 Å². The molecule has 1 aliphatic carbocycles. The first-order valence-electron chi connectivity index (χ1n) is 5.36. The highest BCUT2D eigenvalue weighted by molar-refractivity contribution is 5.90. The Morgan fingerprint density at radius 1 is 1.38 bits per heavy atom. The molecule has 0 spiro atoms. The van der Waals surface area contributed by atoms with Gasteiger partial charge in [0.2, 0.25) is 5.82 Å². The number of nitrogens with zero attached hydrogens (tertiary/aromatic N) is 1. The molecule has 0 aromatic carbocycles. The fourth-order valence-corrected chi connectivity index (χ4v) is 1.89. The lowest BCUT2D eigenvalue weighted by Crippen LogP contribution is -2.40. The van der Waals surface area contributed by atoms with Crippen molar-refractivity contribution in [2.45, 2.75) is 37.8 Å². The molecule has 0 aliphatic heterocycles. The lowest BCUT2D eigenvalue weighted by Gasteiger charge is -2.26. The van der Waals surface area contributed by atoms with Crippen LogP contribution in [-0.2, 0) is 0 Å². The predicted octanol–water partition coefficient (Wildman–Crippen LogP) is -0.902. The molecule has 0 bridgehead atoms. The fraction of sp³-hybridized carbons (Fsp3) is 0.667. The summed E-state index contributed by atoms with van der Waals surface area (Å²) in [6, 6.07) is 0.380. The minimum absolute atomic E-state index is 0.0277. The van der Waals surface area contributed by atoms with Crippen molar-refractivity contribution in [2.24, 2.45) is 5.73 Å². The quantitative estimate of drug-likeness (QED) is 0.521. The van der Waals surface area contributed by atoms with Gasteiger partial charge in [0.05, 0.1) is 0 Å². The first-order chi connectivity index (χ1) is 7.65. The molecule has 16 heavy (non-hydrogen) atoms. The van der Waals surface area contributed by atoms with Crippen molar-refractivity contribution in [1.29, 1.82) is 0 Å². The van der Waals surface area contributed by atoms with Gasteiger partial charge in [-0.15, -0.1) is 5.10 Å². The van der Waals surface area contributed by atoms with E-state index >= 15 is 0 Å². The maximum Gasteiger partial charge on any atom is 0.341 e. The Hall–Kier alpha value is -1.63. The third-order valence-electron chi connectivity index (χ3n) is 2.82. The third-order valence-corrected chi connectivity index (χ3v) is 2.82. The van der Waals surface area contributed by atoms with Crippen LogP contribution >= 0.6 is 0 Å². The molecular formula is C9H15N5O2. The maximum atomic E-state index is 11.6. The van der Waals surface area contributed by atoms with E-state index in [-0.39, 0.29) is 23.8 Å². The highest BCUT2D eigenvalue weighted by atomic mass is 16.2. The number of hydrogen-bond donors (Lipinski definition) is 4. The molecule has 1 aromatic rings. The third kappa shape index (κ3) is 2.48. The van der Waals surface area contributed by atoms with Gasteiger partial charge in [-0.2, -0.15) is 0 Å². The number of aromatic nitrogens is 3. The molecule has 5 N–H and O–H groups in total. The molecule has 88 valence electrons. The lowest BCUT2D eigenvalue weighted by molar-refractivity contribution is 0.0915. The molecule has 0 radical (unpaired) electrons. The van der Waals surface area contributed by atoms with Crippen molar-refractivity contribution >= 4 is 5.91 Å². The normalized spacial score (nSPS) is 25.3. The Morgan fingerprint density at radius 3 is 2.62 bits per heavy atom. The molecule has 0 saturated heterocycles. The van der Waals surface area contributed by atoms with Crippen molar-refractivity contribution in [3.8, 4) is 0 Å². The SMILES string of the molecule is NC1CCC(NC(=O)c2n[nH]c(=O)[nH]2)CC1. The molecular weight excluding hydrogens is 210 g/mol. The molecule has 2 rings (SSSR count). The van der Waals surface area contributed by atoms with Crippen LogP contribution < -0.4 is 16.7 Å². The van der Waals surface area contributed by atoms with Gasteiger partial charge in [0.15, 0.2) is 0 Å². The molecule has 0 atom stereocenters. The minimum atomic E-state index is -0.476. The van der Waals surface area contributed by atoms with Crippen LogP contribution in [0.5, 0.6) is 0 Å². The molecule has 1 heterocycles. The van der Waals surface area contributed by atoms with E-state index in [0.29, 0.717) is 0 Å². The molecule has 1 aliphatic rings. The topological polar surface area (TPSA) is 117 Å². The van der Waals surface area contributed by atoms with E-state index in [9.17, 15) is 9.59 Å². The van der Waals surface area contributed by atoms with Crippen LogP contribution in [0.4, 0.5) is 0 Å². The summed E-state index contributed by atoms with van der Waals surface area (Å²) < 4.78 is 0. The zero-order valence-electron chi connectivity index (χ0n) is 8.82. The molecule has 0 unspecified atom stereocenters. The number of aromatic amines is 2. The zero-order chi connectivity index (χ0) is 11.5. The van der Waals surface area contributed by atoms with Crippen LogP contribution in [0.2, 0.25) is 0 Å². The minimum Gasteiger partial charge on any atom is -0.347 e. The number of carbonyl (C=O) groups excluding carboxylic acids is 1. The van der Waals surface area contributed by atoms with E-state index in [1.807, 2.05) is 0 Å². The van der Waals surface area contributed by atoms with E-state index in [1.165, 1.54) is 0 Å². The number of carbonyl (C=O) groups is 1. The van der Waals surface area contributed by atoms with Gasteiger partial charge >= 0.3 is 5.69 Å². The average molecular weight is 225 g/mol. The van der Waals surface area contributed by atoms with Gasteiger partial charge in [0.25, 0.3) is 5.91 Å². The summed E-state index contributed by atoms with van der Waals surface area (Å²) >= 11 is 0. The van der Waals surface area contributed by atoms with E-state index in [4.69, 9.17) is 5.73 Å². The number of rotatable bonds is 2. The Morgan fingerprint density at radius 2 is 2.06 bits per heavy atom. The zero-order valence-corrected chi connectivity index (χ0v) is 8.82. The first-order valence-corrected chi connectivity index (χ1v) is 5.36. The highest BCUT2D eigenvalue weighted by Gasteiger charge is 2.21. The van der Waals surface area contributed by atoms with Crippen molar-refractivity contribution < 1.29 is 4.79 Å². The Balaban J connectivity index is 1.90. The van der Waals surface area contributed by atoms with E-state index in [1.54, 1.807) is 0 Å². The number of H-pyrrole nitrogens is 2. The molecule has 1 saturated carbocycles. The second-order valence-corrected chi connectivity index (χ2v) is 4.11. The summed E-state index contributed by atoms with van der Waals surface area (Å²) in [4.78, 5) is 24.7. The van der Waals surface area contributed by atoms with Crippen molar-refractivity contribution in [3.63, 3.8) is 0 Å². The van der Waals surface area contributed by atoms with Crippen molar-refractivity contribution in [1.82, 2.24) is 20.5 Å². The van der Waals surface area contributed by atoms with Crippen molar-refractivity contribution in [3.05, 3.63) is 16.3 Å². The van der Waals surface area contributed by atoms with E-state index < -0.39 is 5.69 Å². The Bertz CT molecular complexity index is 416. The van der Waals surface area contributed by atoms with Crippen LogP contribution in [-0.4, -0.2) is 33.2 Å². The summed E-state index contributed by atoms with van der Waals surface area (Å²) in [5.41, 5.74) is 5.29. The van der Waals surface area contributed by atoms with Gasteiger partial charge in [0, 0.05) is 12.1 Å². The highest BCUT2D eigenvalue weighted by Crippen LogP contribution is 2.16. The summed E-state index contributed by atoms with van der Waals surface area (Å²) in [5.74, 6) is -0.321. The molecule has 7 heteroatoms. The molecule has 1 fully saturated rings. The monoisotopic (exact) mass is 225 g/mol. The largest absolute Gasteiger partial charge is 0.347 e. The first kappa shape index (κ1) is 10.9. The van der Waals surface area contributed by atoms with Crippen LogP contribution in [0, 0.1) is 0 Å². The van der Waals surface area contributed by atoms with E-state index in [2.05, 4.69) is 20.5 Å². The summed E-state index contributed by atoms with van der Waals surface area (Å²) in [6.45, 7) is 0. The summed E-state index contributed by atoms with van der Waals surface area (Å²) in [6.07, 6.45) is 3.59. The van der Waals surface area contributed by atoms with Gasteiger partial charge in [-0.05, 0) is 25.7 Å². The van der Waals surface area contributed by atoms with Gasteiger partial charge in [-0.1, -0.05) is 0 Å². The van der Waals surface area contributed by atoms with Crippen LogP contribution in [0.15, 0.2) is 4.79 Å². The molecule has 1 aromatic heterocycles. The van der Waals surface area contributed by atoms with Crippen molar-refractivity contribution in [2.75, 3.05) is 0 Å². The van der Waals surface area contributed by atoms with Crippen LogP contribution in [0.3, 0.4) is 0 Å². The van der Waals surface area contributed by atoms with Gasteiger partial charge in [-0.25, -0.2) is 9.89 Å². The number of hydrogen-bond acceptors (Lipinski definition) is 4. The lowest BCUT2D eigenvalue weighted by atomic mass is 9.92. The maximum absolute atomic E-state index is 11.6. The number of amides is 1. The summed E-state index contributed by atoms with van der Waals surface area (Å²) in [5, 5.41) is 8.54. The second kappa shape index (κ2) is 4.48. The van der Waals surface area contributed by atoms with Gasteiger partial charge in [0.1, 0.15) is 0 Å². The van der Waals surface area contributed by atoms with E-state index in [0.717, 1.165) is 25.7 Å². The predicted molar refractivity (Wildman–Crippen MR) is 56.9 cm³/mol. The average Bonchev–Trinajstić information content (AvgIpc) is 2.68.